The van der Waals surface area contributed by atoms with E-state index in [0.717, 1.165) is 26.3 Å². The van der Waals surface area contributed by atoms with Gasteiger partial charge in [0.05, 0.1) is 0 Å². The molecule has 0 amide bonds. The minimum absolute atomic E-state index is 0.441. The first-order valence-electron chi connectivity index (χ1n) is 6.24. The van der Waals surface area contributed by atoms with E-state index in [2.05, 4.69) is 18.5 Å². The molecule has 1 aliphatic rings. The van der Waals surface area contributed by atoms with Crippen molar-refractivity contribution in [3.05, 3.63) is 0 Å². The van der Waals surface area contributed by atoms with Gasteiger partial charge in [0.1, 0.15) is 0 Å². The third-order valence-corrected chi connectivity index (χ3v) is 5.53. The molecule has 0 saturated carbocycles. The van der Waals surface area contributed by atoms with Crippen molar-refractivity contribution in [2.75, 3.05) is 44.1 Å². The van der Waals surface area contributed by atoms with Crippen LogP contribution in [-0.2, 0) is 4.74 Å². The lowest BCUT2D eigenvalue weighted by atomic mass is 9.99. The quantitative estimate of drug-likeness (QED) is 0.679. The van der Waals surface area contributed by atoms with Crippen LogP contribution in [0.25, 0.3) is 0 Å². The average molecular weight is 263 g/mol. The molecule has 1 rings (SSSR count). The van der Waals surface area contributed by atoms with Crippen LogP contribution in [0.5, 0.6) is 0 Å². The topological polar surface area (TPSA) is 21.3 Å². The van der Waals surface area contributed by atoms with Gasteiger partial charge in [0.2, 0.25) is 0 Å². The summed E-state index contributed by atoms with van der Waals surface area (Å²) < 4.78 is 5.88. The Morgan fingerprint density at radius 3 is 2.69 bits per heavy atom. The van der Waals surface area contributed by atoms with Gasteiger partial charge in [0, 0.05) is 24.5 Å². The van der Waals surface area contributed by atoms with Gasteiger partial charge < -0.3 is 10.1 Å². The lowest BCUT2D eigenvalue weighted by Gasteiger charge is -2.35. The van der Waals surface area contributed by atoms with Crippen LogP contribution >= 0.6 is 23.5 Å². The van der Waals surface area contributed by atoms with Crippen LogP contribution in [0.4, 0.5) is 0 Å². The minimum atomic E-state index is 0.441. The van der Waals surface area contributed by atoms with Gasteiger partial charge in [-0.15, -0.1) is 0 Å². The van der Waals surface area contributed by atoms with Crippen molar-refractivity contribution in [1.29, 1.82) is 0 Å². The van der Waals surface area contributed by atoms with Gasteiger partial charge in [-0.05, 0) is 43.6 Å². The smallest absolute Gasteiger partial charge is 0.0479 e. The molecule has 1 saturated heterocycles. The predicted molar refractivity (Wildman–Crippen MR) is 76.8 cm³/mol. The summed E-state index contributed by atoms with van der Waals surface area (Å²) in [6.45, 7) is 6.41. The Morgan fingerprint density at radius 1 is 1.31 bits per heavy atom. The van der Waals surface area contributed by atoms with E-state index in [-0.39, 0.29) is 0 Å². The molecule has 0 aromatic heterocycles. The molecule has 0 spiro atoms. The molecule has 96 valence electrons. The lowest BCUT2D eigenvalue weighted by molar-refractivity contribution is 0.0773. The van der Waals surface area contributed by atoms with Crippen molar-refractivity contribution in [3.8, 4) is 0 Å². The molecule has 1 aliphatic heterocycles. The number of rotatable bonds is 8. The Balaban J connectivity index is 2.08. The molecule has 2 nitrogen and oxygen atoms in total. The lowest BCUT2D eigenvalue weighted by Crippen LogP contribution is -2.42. The predicted octanol–water partition coefficient (Wildman–Crippen LogP) is 2.63. The fourth-order valence-electron chi connectivity index (χ4n) is 1.96. The fourth-order valence-corrected chi connectivity index (χ4v) is 3.41. The van der Waals surface area contributed by atoms with Crippen molar-refractivity contribution in [2.45, 2.75) is 30.9 Å². The number of hydrogen-bond donors (Lipinski definition) is 1. The molecule has 0 aromatic rings. The Hall–Kier alpha value is 0.620. The molecule has 0 radical (unpaired) electrons. The van der Waals surface area contributed by atoms with Crippen molar-refractivity contribution in [2.24, 2.45) is 0 Å². The second-order valence-corrected chi connectivity index (χ2v) is 6.89. The molecular weight excluding hydrogens is 238 g/mol. The highest BCUT2D eigenvalue weighted by molar-refractivity contribution is 8.00. The maximum atomic E-state index is 5.44. The zero-order valence-electron chi connectivity index (χ0n) is 10.6. The van der Waals surface area contributed by atoms with Crippen molar-refractivity contribution >= 4 is 23.5 Å². The molecule has 1 fully saturated rings. The largest absolute Gasteiger partial charge is 0.381 e. The van der Waals surface area contributed by atoms with E-state index in [4.69, 9.17) is 4.74 Å². The normalized spacial score (nSPS) is 19.9. The molecule has 0 aliphatic carbocycles. The third kappa shape index (κ3) is 5.30. The van der Waals surface area contributed by atoms with Gasteiger partial charge in [-0.1, -0.05) is 6.92 Å². The van der Waals surface area contributed by atoms with Gasteiger partial charge in [-0.2, -0.15) is 23.5 Å². The first-order valence-corrected chi connectivity index (χ1v) is 8.62. The molecule has 0 unspecified atom stereocenters. The van der Waals surface area contributed by atoms with E-state index in [9.17, 15) is 0 Å². The van der Waals surface area contributed by atoms with Gasteiger partial charge >= 0.3 is 0 Å². The third-order valence-electron chi connectivity index (χ3n) is 3.13. The van der Waals surface area contributed by atoms with Crippen molar-refractivity contribution < 1.29 is 4.74 Å². The van der Waals surface area contributed by atoms with Crippen LogP contribution in [0.2, 0.25) is 0 Å². The molecule has 0 aromatic carbocycles. The van der Waals surface area contributed by atoms with E-state index in [1.807, 2.05) is 23.5 Å². The summed E-state index contributed by atoms with van der Waals surface area (Å²) in [6, 6.07) is 0. The maximum absolute atomic E-state index is 5.44. The first-order chi connectivity index (χ1) is 7.83. The Labute approximate surface area is 109 Å². The molecule has 1 heterocycles. The second kappa shape index (κ2) is 8.67. The van der Waals surface area contributed by atoms with Crippen molar-refractivity contribution in [1.82, 2.24) is 5.32 Å². The number of hydrogen-bond acceptors (Lipinski definition) is 4. The first kappa shape index (κ1) is 14.7. The van der Waals surface area contributed by atoms with Gasteiger partial charge in [-0.25, -0.2) is 0 Å². The SMILES string of the molecule is CCSCCCNCC1(SC)CCOCC1. The molecule has 0 bridgehead atoms. The van der Waals surface area contributed by atoms with Crippen LogP contribution in [0.1, 0.15) is 26.2 Å². The van der Waals surface area contributed by atoms with Crippen LogP contribution in [-0.4, -0.2) is 48.8 Å². The van der Waals surface area contributed by atoms with Crippen LogP contribution in [0.3, 0.4) is 0 Å². The zero-order chi connectivity index (χ0) is 11.7. The minimum Gasteiger partial charge on any atom is -0.381 e. The zero-order valence-corrected chi connectivity index (χ0v) is 12.2. The molecule has 0 atom stereocenters. The van der Waals surface area contributed by atoms with E-state index in [1.165, 1.54) is 30.8 Å². The Bertz CT molecular complexity index is 172. The number of thioether (sulfide) groups is 2. The summed E-state index contributed by atoms with van der Waals surface area (Å²) in [4.78, 5) is 0. The summed E-state index contributed by atoms with van der Waals surface area (Å²) in [5.74, 6) is 2.53. The summed E-state index contributed by atoms with van der Waals surface area (Å²) >= 11 is 4.05. The van der Waals surface area contributed by atoms with Crippen molar-refractivity contribution in [3.63, 3.8) is 0 Å². The van der Waals surface area contributed by atoms with E-state index < -0.39 is 0 Å². The standard InChI is InChI=1S/C12H25NOS2/c1-3-16-10-4-7-13-11-12(15-2)5-8-14-9-6-12/h13H,3-11H2,1-2H3. The van der Waals surface area contributed by atoms with Gasteiger partial charge in [0.25, 0.3) is 0 Å². The fraction of sp³-hybridized carbons (Fsp3) is 1.00. The second-order valence-electron chi connectivity index (χ2n) is 4.23. The Kier molecular flexibility index (Phi) is 7.96. The molecule has 1 N–H and O–H groups in total. The molecular formula is C12H25NOS2. The average Bonchev–Trinajstić information content (AvgIpc) is 2.35. The van der Waals surface area contributed by atoms with Crippen LogP contribution < -0.4 is 5.32 Å². The number of ether oxygens (including phenoxy) is 1. The van der Waals surface area contributed by atoms with E-state index in [0.29, 0.717) is 4.75 Å². The van der Waals surface area contributed by atoms with Crippen LogP contribution in [0.15, 0.2) is 0 Å². The van der Waals surface area contributed by atoms with Gasteiger partial charge in [-0.3, -0.25) is 0 Å². The summed E-state index contributed by atoms with van der Waals surface area (Å²) in [5, 5.41) is 3.62. The highest BCUT2D eigenvalue weighted by Gasteiger charge is 2.30. The van der Waals surface area contributed by atoms with Gasteiger partial charge in [0.15, 0.2) is 0 Å². The maximum Gasteiger partial charge on any atom is 0.0479 e. The molecule has 16 heavy (non-hydrogen) atoms. The summed E-state index contributed by atoms with van der Waals surface area (Å²) in [5.41, 5.74) is 0. The number of nitrogens with one attached hydrogen (secondary N) is 1. The summed E-state index contributed by atoms with van der Waals surface area (Å²) in [6.07, 6.45) is 5.93. The molecule has 4 heteroatoms. The summed E-state index contributed by atoms with van der Waals surface area (Å²) in [7, 11) is 0. The van der Waals surface area contributed by atoms with E-state index >= 15 is 0 Å². The van der Waals surface area contributed by atoms with E-state index in [1.54, 1.807) is 0 Å². The Morgan fingerprint density at radius 2 is 2.06 bits per heavy atom. The highest BCUT2D eigenvalue weighted by Crippen LogP contribution is 2.32. The highest BCUT2D eigenvalue weighted by atomic mass is 32.2. The van der Waals surface area contributed by atoms with Crippen LogP contribution in [0, 0.1) is 0 Å². The monoisotopic (exact) mass is 263 g/mol.